The number of benzene rings is 2. The lowest BCUT2D eigenvalue weighted by Gasteiger charge is -2.35. The number of carbonyl (C=O) groups is 1. The number of anilines is 1. The maximum absolute atomic E-state index is 14.3. The molecule has 3 aromatic rings. The molecule has 0 radical (unpaired) electrons. The summed E-state index contributed by atoms with van der Waals surface area (Å²) in [7, 11) is 0. The van der Waals surface area contributed by atoms with Crippen molar-refractivity contribution in [1.82, 2.24) is 9.80 Å². The van der Waals surface area contributed by atoms with Gasteiger partial charge in [0, 0.05) is 56.4 Å². The van der Waals surface area contributed by atoms with Gasteiger partial charge in [-0.05, 0) is 42.1 Å². The molecule has 4 nitrogen and oxygen atoms in total. The molecule has 2 heterocycles. The molecular weight excluding hydrogens is 409 g/mol. The lowest BCUT2D eigenvalue weighted by molar-refractivity contribution is 0.0971. The summed E-state index contributed by atoms with van der Waals surface area (Å²) in [5.74, 6) is -0.772. The minimum atomic E-state index is -0.479. The number of hydrogen-bond acceptors (Lipinski definition) is 4. The summed E-state index contributed by atoms with van der Waals surface area (Å²) >= 11 is 1.82. The van der Waals surface area contributed by atoms with Gasteiger partial charge in [0.05, 0.1) is 5.56 Å². The van der Waals surface area contributed by atoms with Crippen molar-refractivity contribution in [2.24, 2.45) is 0 Å². The van der Waals surface area contributed by atoms with Crippen LogP contribution in [0.1, 0.15) is 15.2 Å². The van der Waals surface area contributed by atoms with E-state index in [0.29, 0.717) is 6.54 Å². The molecule has 0 spiro atoms. The van der Waals surface area contributed by atoms with E-state index in [1.807, 2.05) is 41.7 Å². The second-order valence-electron chi connectivity index (χ2n) is 7.78. The van der Waals surface area contributed by atoms with E-state index < -0.39 is 5.82 Å². The van der Waals surface area contributed by atoms with E-state index >= 15 is 0 Å². The molecule has 4 rings (SSSR count). The summed E-state index contributed by atoms with van der Waals surface area (Å²) in [6, 6.07) is 20.1. The zero-order valence-electron chi connectivity index (χ0n) is 17.6. The fourth-order valence-electron chi connectivity index (χ4n) is 3.94. The second kappa shape index (κ2) is 10.7. The zero-order chi connectivity index (χ0) is 21.5. The highest BCUT2D eigenvalue weighted by atomic mass is 32.1. The smallest absolute Gasteiger partial charge is 0.261 e. The van der Waals surface area contributed by atoms with Crippen LogP contribution in [0.4, 0.5) is 10.1 Å². The number of piperazine rings is 1. The van der Waals surface area contributed by atoms with Crippen LogP contribution in [-0.2, 0) is 6.42 Å². The number of hydrogen-bond donors (Lipinski definition) is 0. The van der Waals surface area contributed by atoms with Crippen molar-refractivity contribution in [3.63, 3.8) is 0 Å². The fraction of sp³-hybridized carbons (Fsp3) is 0.320. The Labute approximate surface area is 187 Å². The number of rotatable bonds is 8. The van der Waals surface area contributed by atoms with Gasteiger partial charge in [-0.15, -0.1) is 11.3 Å². The van der Waals surface area contributed by atoms with Gasteiger partial charge in [-0.2, -0.15) is 0 Å². The molecule has 1 amide bonds. The summed E-state index contributed by atoms with van der Waals surface area (Å²) in [6.07, 6.45) is 1.11. The first-order valence-electron chi connectivity index (χ1n) is 10.8. The first-order valence-corrected chi connectivity index (χ1v) is 11.7. The third-order valence-corrected chi connectivity index (χ3v) is 6.71. The summed E-state index contributed by atoms with van der Waals surface area (Å²) in [6.45, 7) is 6.45. The van der Waals surface area contributed by atoms with Crippen molar-refractivity contribution in [3.05, 3.63) is 88.4 Å². The predicted molar refractivity (Wildman–Crippen MR) is 125 cm³/mol. The largest absolute Gasteiger partial charge is 0.307 e. The van der Waals surface area contributed by atoms with E-state index in [1.165, 1.54) is 10.9 Å². The second-order valence-corrected chi connectivity index (χ2v) is 8.82. The lowest BCUT2D eigenvalue weighted by Crippen LogP contribution is -2.49. The third-order valence-electron chi connectivity index (χ3n) is 5.78. The third kappa shape index (κ3) is 5.79. The van der Waals surface area contributed by atoms with Crippen molar-refractivity contribution >= 4 is 22.9 Å². The van der Waals surface area contributed by atoms with Crippen LogP contribution in [0.25, 0.3) is 0 Å². The van der Waals surface area contributed by atoms with Crippen LogP contribution in [0.3, 0.4) is 0 Å². The van der Waals surface area contributed by atoms with E-state index in [4.69, 9.17) is 0 Å². The molecule has 162 valence electrons. The standard InChI is InChI=1S/C25H28FN3OS/c26-24-11-5-4-10-23(24)25(30)29(21-7-2-1-3-8-21)19-18-28-16-14-27(15-17-28)13-12-22-9-6-20-31-22/h1-11,20H,12-19H2. The SMILES string of the molecule is O=C(c1ccccc1F)N(CCN1CCN(CCc2cccs2)CC1)c1ccccc1. The Hall–Kier alpha value is -2.54. The average Bonchev–Trinajstić information content (AvgIpc) is 3.33. The molecule has 2 aromatic carbocycles. The Morgan fingerprint density at radius 3 is 2.23 bits per heavy atom. The Balaban J connectivity index is 1.34. The highest BCUT2D eigenvalue weighted by Gasteiger charge is 2.23. The quantitative estimate of drug-likeness (QED) is 0.523. The van der Waals surface area contributed by atoms with E-state index in [2.05, 4.69) is 27.3 Å². The highest BCUT2D eigenvalue weighted by molar-refractivity contribution is 7.09. The number of amides is 1. The lowest BCUT2D eigenvalue weighted by atomic mass is 10.1. The van der Waals surface area contributed by atoms with Gasteiger partial charge in [0.25, 0.3) is 5.91 Å². The molecule has 1 saturated heterocycles. The molecule has 1 aromatic heterocycles. The van der Waals surface area contributed by atoms with Crippen molar-refractivity contribution in [2.45, 2.75) is 6.42 Å². The predicted octanol–water partition coefficient (Wildman–Crippen LogP) is 4.39. The number of carbonyl (C=O) groups excluding carboxylic acids is 1. The van der Waals surface area contributed by atoms with E-state index in [9.17, 15) is 9.18 Å². The Kier molecular flexibility index (Phi) is 7.46. The van der Waals surface area contributed by atoms with Crippen molar-refractivity contribution < 1.29 is 9.18 Å². The van der Waals surface area contributed by atoms with Gasteiger partial charge < -0.3 is 9.80 Å². The zero-order valence-corrected chi connectivity index (χ0v) is 18.4. The van der Waals surface area contributed by atoms with Gasteiger partial charge in [0.2, 0.25) is 0 Å². The number of nitrogens with zero attached hydrogens (tertiary/aromatic N) is 3. The maximum Gasteiger partial charge on any atom is 0.261 e. The van der Waals surface area contributed by atoms with Crippen LogP contribution in [0.5, 0.6) is 0 Å². The van der Waals surface area contributed by atoms with Crippen molar-refractivity contribution in [3.8, 4) is 0 Å². The summed E-state index contributed by atoms with van der Waals surface area (Å²) in [4.78, 5) is 21.2. The molecule has 0 aliphatic carbocycles. The Morgan fingerprint density at radius 2 is 1.55 bits per heavy atom. The average molecular weight is 438 g/mol. The van der Waals surface area contributed by atoms with E-state index in [0.717, 1.165) is 51.4 Å². The Morgan fingerprint density at radius 1 is 0.871 bits per heavy atom. The molecule has 1 aliphatic rings. The van der Waals surface area contributed by atoms with Crippen LogP contribution in [0.15, 0.2) is 72.1 Å². The normalized spacial score (nSPS) is 15.1. The molecular formula is C25H28FN3OS. The summed E-state index contributed by atoms with van der Waals surface area (Å²) in [5, 5.41) is 2.13. The van der Waals surface area contributed by atoms with Gasteiger partial charge >= 0.3 is 0 Å². The molecule has 0 atom stereocenters. The van der Waals surface area contributed by atoms with Crippen LogP contribution in [0.2, 0.25) is 0 Å². The van der Waals surface area contributed by atoms with Crippen LogP contribution in [0, 0.1) is 5.82 Å². The van der Waals surface area contributed by atoms with Gasteiger partial charge in [-0.3, -0.25) is 9.69 Å². The molecule has 0 unspecified atom stereocenters. The molecule has 1 fully saturated rings. The number of thiophene rings is 1. The van der Waals surface area contributed by atoms with E-state index in [-0.39, 0.29) is 11.5 Å². The molecule has 0 bridgehead atoms. The van der Waals surface area contributed by atoms with Crippen LogP contribution < -0.4 is 4.90 Å². The van der Waals surface area contributed by atoms with Gasteiger partial charge in [-0.25, -0.2) is 4.39 Å². The summed E-state index contributed by atoms with van der Waals surface area (Å²) < 4.78 is 14.3. The van der Waals surface area contributed by atoms with Gasteiger partial charge in [0.15, 0.2) is 0 Å². The molecule has 6 heteroatoms. The molecule has 1 aliphatic heterocycles. The highest BCUT2D eigenvalue weighted by Crippen LogP contribution is 2.19. The Bertz CT molecular complexity index is 956. The van der Waals surface area contributed by atoms with Crippen molar-refractivity contribution in [1.29, 1.82) is 0 Å². The number of halogens is 1. The van der Waals surface area contributed by atoms with Gasteiger partial charge in [0.1, 0.15) is 5.82 Å². The number of para-hydroxylation sites is 1. The summed E-state index contributed by atoms with van der Waals surface area (Å²) in [5.41, 5.74) is 0.912. The van der Waals surface area contributed by atoms with Crippen LogP contribution >= 0.6 is 11.3 Å². The minimum Gasteiger partial charge on any atom is -0.307 e. The molecule has 0 N–H and O–H groups in total. The monoisotopic (exact) mass is 437 g/mol. The first kappa shape index (κ1) is 21.7. The minimum absolute atomic E-state index is 0.116. The molecule has 0 saturated carbocycles. The van der Waals surface area contributed by atoms with Crippen molar-refractivity contribution in [2.75, 3.05) is 50.7 Å². The maximum atomic E-state index is 14.3. The topological polar surface area (TPSA) is 26.8 Å². The molecule has 31 heavy (non-hydrogen) atoms. The first-order chi connectivity index (χ1) is 15.2. The van der Waals surface area contributed by atoms with Crippen LogP contribution in [-0.4, -0.2) is 61.5 Å². The fourth-order valence-corrected chi connectivity index (χ4v) is 4.64. The van der Waals surface area contributed by atoms with E-state index in [1.54, 1.807) is 23.1 Å². The van der Waals surface area contributed by atoms with Gasteiger partial charge in [-0.1, -0.05) is 36.4 Å².